The van der Waals surface area contributed by atoms with Crippen LogP contribution < -0.4 is 14.8 Å². The van der Waals surface area contributed by atoms with E-state index < -0.39 is 34.6 Å². The number of aromatic nitrogens is 2. The number of halogens is 4. The number of carbonyl (C=O) groups excluding carboxylic acids is 1. The first-order valence-corrected chi connectivity index (χ1v) is 11.9. The number of methoxy groups -OCH3 is 1. The quantitative estimate of drug-likeness (QED) is 0.138. The Labute approximate surface area is 207 Å². The van der Waals surface area contributed by atoms with Crippen LogP contribution in [-0.2, 0) is 0 Å². The van der Waals surface area contributed by atoms with Gasteiger partial charge in [-0.2, -0.15) is 0 Å². The average molecular weight is 517 g/mol. The zero-order valence-electron chi connectivity index (χ0n) is 18.9. The molecule has 5 rings (SSSR count). The van der Waals surface area contributed by atoms with Gasteiger partial charge in [-0.1, -0.05) is 0 Å². The Morgan fingerprint density at radius 2 is 1.94 bits per heavy atom. The van der Waals surface area contributed by atoms with Gasteiger partial charge in [-0.05, 0) is 61.0 Å². The van der Waals surface area contributed by atoms with E-state index in [0.717, 1.165) is 43.2 Å². The SMILES string of the molecule is COc1cnc2[nH]cc(C(=O)c3c(F)ccc(NSc4cc(F)ccc4F)c3F)c2c1NCC1CC1. The number of ketones is 1. The molecule has 0 amide bonds. The fourth-order valence-electron chi connectivity index (χ4n) is 3.80. The molecule has 1 fully saturated rings. The van der Waals surface area contributed by atoms with Crippen LogP contribution in [0.5, 0.6) is 5.75 Å². The molecule has 11 heteroatoms. The van der Waals surface area contributed by atoms with Crippen molar-refractivity contribution in [3.8, 4) is 5.75 Å². The Morgan fingerprint density at radius 3 is 2.69 bits per heavy atom. The highest BCUT2D eigenvalue weighted by Gasteiger charge is 2.28. The molecule has 2 heterocycles. The van der Waals surface area contributed by atoms with Crippen molar-refractivity contribution in [2.75, 3.05) is 23.7 Å². The summed E-state index contributed by atoms with van der Waals surface area (Å²) in [6.07, 6.45) is 5.03. The third kappa shape index (κ3) is 4.58. The lowest BCUT2D eigenvalue weighted by molar-refractivity contribution is 0.103. The topological polar surface area (TPSA) is 79.0 Å². The van der Waals surface area contributed by atoms with E-state index in [4.69, 9.17) is 4.74 Å². The lowest BCUT2D eigenvalue weighted by atomic mass is 10.0. The third-order valence-electron chi connectivity index (χ3n) is 5.88. The van der Waals surface area contributed by atoms with E-state index in [9.17, 15) is 18.0 Å². The fraction of sp³-hybridized carbons (Fsp3) is 0.200. The van der Waals surface area contributed by atoms with E-state index in [1.165, 1.54) is 19.5 Å². The average Bonchev–Trinajstić information content (AvgIpc) is 3.60. The van der Waals surface area contributed by atoms with Crippen molar-refractivity contribution >= 4 is 40.1 Å². The van der Waals surface area contributed by atoms with Crippen LogP contribution in [0.1, 0.15) is 28.8 Å². The fourth-order valence-corrected chi connectivity index (χ4v) is 4.51. The lowest BCUT2D eigenvalue weighted by Gasteiger charge is -2.14. The van der Waals surface area contributed by atoms with Gasteiger partial charge in [-0.25, -0.2) is 22.5 Å². The number of carbonyl (C=O) groups is 1. The Morgan fingerprint density at radius 1 is 1.17 bits per heavy atom. The summed E-state index contributed by atoms with van der Waals surface area (Å²) in [7, 11) is 1.47. The maximum Gasteiger partial charge on any atom is 0.201 e. The molecule has 2 aromatic carbocycles. The van der Waals surface area contributed by atoms with Gasteiger partial charge in [0.1, 0.15) is 23.1 Å². The van der Waals surface area contributed by atoms with Crippen LogP contribution in [0.4, 0.5) is 28.9 Å². The molecule has 1 saturated carbocycles. The summed E-state index contributed by atoms with van der Waals surface area (Å²) in [4.78, 5) is 20.4. The van der Waals surface area contributed by atoms with Gasteiger partial charge in [0.05, 0.1) is 46.1 Å². The van der Waals surface area contributed by atoms with Crippen molar-refractivity contribution in [3.05, 3.63) is 77.1 Å². The largest absolute Gasteiger partial charge is 0.493 e. The maximum atomic E-state index is 15.4. The van der Waals surface area contributed by atoms with Crippen molar-refractivity contribution < 1.29 is 27.1 Å². The second kappa shape index (κ2) is 9.73. The molecule has 3 N–H and O–H groups in total. The van der Waals surface area contributed by atoms with Gasteiger partial charge in [-0.3, -0.25) is 4.79 Å². The molecule has 186 valence electrons. The van der Waals surface area contributed by atoms with E-state index in [-0.39, 0.29) is 16.1 Å². The number of nitrogens with zero attached hydrogens (tertiary/aromatic N) is 1. The number of benzene rings is 2. The zero-order chi connectivity index (χ0) is 25.4. The number of rotatable bonds is 9. The Bertz CT molecular complexity index is 1470. The van der Waals surface area contributed by atoms with Gasteiger partial charge in [0.2, 0.25) is 5.78 Å². The van der Waals surface area contributed by atoms with Crippen molar-refractivity contribution in [1.82, 2.24) is 9.97 Å². The van der Waals surface area contributed by atoms with E-state index >= 15 is 4.39 Å². The Kier molecular flexibility index (Phi) is 6.48. The lowest BCUT2D eigenvalue weighted by Crippen LogP contribution is -2.11. The highest BCUT2D eigenvalue weighted by atomic mass is 32.2. The molecule has 1 aliphatic carbocycles. The van der Waals surface area contributed by atoms with Gasteiger partial charge >= 0.3 is 0 Å². The number of fused-ring (bicyclic) bond motifs is 1. The Hall–Kier alpha value is -3.73. The molecule has 0 saturated heterocycles. The summed E-state index contributed by atoms with van der Waals surface area (Å²) in [5, 5.41) is 3.64. The van der Waals surface area contributed by atoms with Crippen molar-refractivity contribution in [3.63, 3.8) is 0 Å². The standard InChI is InChI=1S/C25H20F4N4O2S/c1-35-18-11-32-25-20(23(18)30-9-12-2-3-12)14(10-31-25)24(34)21-16(28)6-7-17(22(21)29)33-36-19-8-13(26)4-5-15(19)27/h4-8,10-12,33H,2-3,9H2,1H3,(H2,30,31,32). The van der Waals surface area contributed by atoms with Gasteiger partial charge < -0.3 is 19.8 Å². The van der Waals surface area contributed by atoms with Gasteiger partial charge in [0.25, 0.3) is 0 Å². The first-order valence-electron chi connectivity index (χ1n) is 11.1. The minimum Gasteiger partial charge on any atom is -0.493 e. The van der Waals surface area contributed by atoms with Crippen LogP contribution in [-0.4, -0.2) is 29.4 Å². The normalized spacial score (nSPS) is 13.1. The van der Waals surface area contributed by atoms with Crippen LogP contribution in [0.15, 0.2) is 47.6 Å². The van der Waals surface area contributed by atoms with E-state index in [2.05, 4.69) is 20.0 Å². The van der Waals surface area contributed by atoms with Crippen molar-refractivity contribution in [2.45, 2.75) is 17.7 Å². The second-order valence-corrected chi connectivity index (χ2v) is 9.19. The number of ether oxygens (including phenoxy) is 1. The van der Waals surface area contributed by atoms with Gasteiger partial charge in [-0.15, -0.1) is 0 Å². The molecule has 0 bridgehead atoms. The minimum atomic E-state index is -1.16. The number of hydrogen-bond donors (Lipinski definition) is 3. The number of nitrogens with one attached hydrogen (secondary N) is 3. The molecular formula is C25H20F4N4O2S. The van der Waals surface area contributed by atoms with Crippen molar-refractivity contribution in [2.24, 2.45) is 5.92 Å². The van der Waals surface area contributed by atoms with Crippen LogP contribution in [0.2, 0.25) is 0 Å². The molecule has 0 spiro atoms. The number of hydrogen-bond acceptors (Lipinski definition) is 6. The molecule has 0 atom stereocenters. The summed E-state index contributed by atoms with van der Waals surface area (Å²) in [5.74, 6) is -3.64. The number of H-pyrrole nitrogens is 1. The van der Waals surface area contributed by atoms with Crippen LogP contribution in [0.3, 0.4) is 0 Å². The molecule has 6 nitrogen and oxygen atoms in total. The number of pyridine rings is 1. The molecule has 0 aliphatic heterocycles. The molecule has 4 aromatic rings. The van der Waals surface area contributed by atoms with Gasteiger partial charge in [0, 0.05) is 12.7 Å². The predicted molar refractivity (Wildman–Crippen MR) is 129 cm³/mol. The summed E-state index contributed by atoms with van der Waals surface area (Å²) in [6, 6.07) is 4.83. The van der Waals surface area contributed by atoms with E-state index in [0.29, 0.717) is 46.9 Å². The highest BCUT2D eigenvalue weighted by Crippen LogP contribution is 2.38. The van der Waals surface area contributed by atoms with Crippen LogP contribution >= 0.6 is 11.9 Å². The maximum absolute atomic E-state index is 15.4. The van der Waals surface area contributed by atoms with Crippen molar-refractivity contribution in [1.29, 1.82) is 0 Å². The monoisotopic (exact) mass is 516 g/mol. The third-order valence-corrected chi connectivity index (χ3v) is 6.73. The minimum absolute atomic E-state index is 0.00785. The smallest absolute Gasteiger partial charge is 0.201 e. The molecule has 1 aliphatic rings. The predicted octanol–water partition coefficient (Wildman–Crippen LogP) is 6.30. The summed E-state index contributed by atoms with van der Waals surface area (Å²) >= 11 is 0.596. The highest BCUT2D eigenvalue weighted by molar-refractivity contribution is 8.00. The van der Waals surface area contributed by atoms with E-state index in [1.807, 2.05) is 0 Å². The Balaban J connectivity index is 1.51. The first-order chi connectivity index (χ1) is 17.4. The van der Waals surface area contributed by atoms with Crippen LogP contribution in [0, 0.1) is 29.2 Å². The summed E-state index contributed by atoms with van der Waals surface area (Å²) in [6.45, 7) is 0.657. The summed E-state index contributed by atoms with van der Waals surface area (Å²) in [5.41, 5.74) is -0.197. The number of aromatic amines is 1. The first kappa shape index (κ1) is 24.0. The second-order valence-electron chi connectivity index (χ2n) is 8.34. The van der Waals surface area contributed by atoms with E-state index in [1.54, 1.807) is 0 Å². The molecule has 2 aromatic heterocycles. The number of anilines is 2. The molecular weight excluding hydrogens is 496 g/mol. The van der Waals surface area contributed by atoms with Gasteiger partial charge in [0.15, 0.2) is 11.6 Å². The summed E-state index contributed by atoms with van der Waals surface area (Å²) < 4.78 is 65.5. The molecule has 0 radical (unpaired) electrons. The molecule has 0 unspecified atom stereocenters. The van der Waals surface area contributed by atoms with Crippen LogP contribution in [0.25, 0.3) is 11.0 Å². The molecule has 36 heavy (non-hydrogen) atoms. The zero-order valence-corrected chi connectivity index (χ0v) is 19.7.